The zero-order chi connectivity index (χ0) is 22.8. The van der Waals surface area contributed by atoms with Gasteiger partial charge in [-0.3, -0.25) is 9.59 Å². The number of benzene rings is 3. The first-order chi connectivity index (χ1) is 15.4. The molecule has 0 unspecified atom stereocenters. The van der Waals surface area contributed by atoms with E-state index < -0.39 is 0 Å². The summed E-state index contributed by atoms with van der Waals surface area (Å²) in [7, 11) is 3.09. The van der Waals surface area contributed by atoms with Gasteiger partial charge < -0.3 is 19.2 Å². The molecule has 4 rings (SSSR count). The van der Waals surface area contributed by atoms with Crippen LogP contribution in [0.5, 0.6) is 11.5 Å². The van der Waals surface area contributed by atoms with Gasteiger partial charge in [0.05, 0.1) is 25.3 Å². The number of nitrogens with one attached hydrogen (secondary N) is 1. The number of aryl methyl sites for hydroxylation is 2. The van der Waals surface area contributed by atoms with E-state index in [1.807, 2.05) is 26.0 Å². The van der Waals surface area contributed by atoms with E-state index in [0.717, 1.165) is 11.1 Å². The third kappa shape index (κ3) is 4.07. The average Bonchev–Trinajstić information content (AvgIpc) is 2.79. The van der Waals surface area contributed by atoms with Crippen molar-refractivity contribution in [2.75, 3.05) is 19.5 Å². The minimum atomic E-state index is -0.297. The summed E-state index contributed by atoms with van der Waals surface area (Å²) < 4.78 is 16.6. The van der Waals surface area contributed by atoms with Gasteiger partial charge in [0.1, 0.15) is 22.8 Å². The minimum absolute atomic E-state index is 0.0972. The Kier molecular flexibility index (Phi) is 5.69. The molecule has 1 aromatic heterocycles. The molecule has 0 aliphatic rings. The molecule has 1 N–H and O–H groups in total. The molecule has 0 radical (unpaired) electrons. The number of hydrogen-bond acceptors (Lipinski definition) is 5. The van der Waals surface area contributed by atoms with Crippen molar-refractivity contribution < 1.29 is 18.7 Å². The predicted molar refractivity (Wildman–Crippen MR) is 125 cm³/mol. The Bertz CT molecular complexity index is 1370. The highest BCUT2D eigenvalue weighted by Gasteiger charge is 2.13. The second-order valence-corrected chi connectivity index (χ2v) is 7.53. The summed E-state index contributed by atoms with van der Waals surface area (Å²) >= 11 is 0. The van der Waals surface area contributed by atoms with E-state index in [1.165, 1.54) is 13.2 Å². The molecule has 6 nitrogen and oxygen atoms in total. The maximum Gasteiger partial charge on any atom is 0.255 e. The molecule has 1 heterocycles. The quantitative estimate of drug-likeness (QED) is 0.463. The fraction of sp³-hybridized carbons (Fsp3) is 0.154. The molecular formula is C26H23NO5. The van der Waals surface area contributed by atoms with Crippen LogP contribution in [0.2, 0.25) is 0 Å². The van der Waals surface area contributed by atoms with Crippen LogP contribution in [0.1, 0.15) is 21.5 Å². The van der Waals surface area contributed by atoms with Crippen molar-refractivity contribution >= 4 is 22.6 Å². The zero-order valence-corrected chi connectivity index (χ0v) is 18.3. The van der Waals surface area contributed by atoms with Gasteiger partial charge in [0.15, 0.2) is 5.43 Å². The van der Waals surface area contributed by atoms with Crippen molar-refractivity contribution in [1.82, 2.24) is 0 Å². The third-order valence-electron chi connectivity index (χ3n) is 5.25. The minimum Gasteiger partial charge on any atom is -0.497 e. The Morgan fingerprint density at radius 2 is 1.66 bits per heavy atom. The van der Waals surface area contributed by atoms with Crippen LogP contribution in [0, 0.1) is 13.8 Å². The SMILES string of the molecule is COc1ccc(OC)c(NC(=O)c2ccc(-c3cc(=O)c4cc(C)cc(C)c4o3)cc2)c1. The van der Waals surface area contributed by atoms with E-state index in [2.05, 4.69) is 5.32 Å². The van der Waals surface area contributed by atoms with Gasteiger partial charge in [0.25, 0.3) is 5.91 Å². The summed E-state index contributed by atoms with van der Waals surface area (Å²) in [4.78, 5) is 25.4. The summed E-state index contributed by atoms with van der Waals surface area (Å²) in [5.41, 5.74) is 4.06. The highest BCUT2D eigenvalue weighted by Crippen LogP contribution is 2.30. The molecule has 0 bridgehead atoms. The molecule has 0 atom stereocenters. The number of fused-ring (bicyclic) bond motifs is 1. The first-order valence-electron chi connectivity index (χ1n) is 10.1. The molecule has 1 amide bonds. The molecule has 6 heteroatoms. The van der Waals surface area contributed by atoms with Crippen LogP contribution in [0.4, 0.5) is 5.69 Å². The molecule has 32 heavy (non-hydrogen) atoms. The van der Waals surface area contributed by atoms with Crippen LogP contribution in [0.15, 0.2) is 69.9 Å². The molecule has 162 valence electrons. The third-order valence-corrected chi connectivity index (χ3v) is 5.25. The lowest BCUT2D eigenvalue weighted by molar-refractivity contribution is 0.102. The maximum atomic E-state index is 12.8. The molecule has 3 aromatic carbocycles. The lowest BCUT2D eigenvalue weighted by Crippen LogP contribution is -2.12. The Morgan fingerprint density at radius 1 is 0.906 bits per heavy atom. The summed E-state index contributed by atoms with van der Waals surface area (Å²) in [5, 5.41) is 3.40. The number of carbonyl (C=O) groups is 1. The number of rotatable bonds is 5. The average molecular weight is 429 g/mol. The maximum absolute atomic E-state index is 12.8. The van der Waals surface area contributed by atoms with Gasteiger partial charge in [-0.2, -0.15) is 0 Å². The van der Waals surface area contributed by atoms with Crippen molar-refractivity contribution in [3.8, 4) is 22.8 Å². The van der Waals surface area contributed by atoms with Crippen molar-refractivity contribution in [1.29, 1.82) is 0 Å². The summed E-state index contributed by atoms with van der Waals surface area (Å²) in [5.74, 6) is 1.29. The molecule has 0 fully saturated rings. The molecule has 0 aliphatic carbocycles. The first kappa shape index (κ1) is 21.2. The van der Waals surface area contributed by atoms with Crippen LogP contribution in [-0.2, 0) is 0 Å². The standard InChI is InChI=1S/C26H23NO5/c1-15-11-16(2)25-20(12-15)22(28)14-24(32-25)17-5-7-18(8-6-17)26(29)27-21-13-19(30-3)9-10-23(21)31-4/h5-14H,1-4H3,(H,27,29). The van der Waals surface area contributed by atoms with Gasteiger partial charge in [-0.1, -0.05) is 18.2 Å². The summed E-state index contributed by atoms with van der Waals surface area (Å²) in [6, 6.07) is 17.3. The Morgan fingerprint density at radius 3 is 2.34 bits per heavy atom. The highest BCUT2D eigenvalue weighted by molar-refractivity contribution is 6.05. The van der Waals surface area contributed by atoms with Crippen molar-refractivity contribution in [2.45, 2.75) is 13.8 Å². The molecule has 0 aliphatic heterocycles. The molecule has 4 aromatic rings. The van der Waals surface area contributed by atoms with E-state index in [1.54, 1.807) is 49.6 Å². The summed E-state index contributed by atoms with van der Waals surface area (Å²) in [6.45, 7) is 3.87. The van der Waals surface area contributed by atoms with Crippen molar-refractivity contribution in [2.24, 2.45) is 0 Å². The largest absolute Gasteiger partial charge is 0.497 e. The Hall–Kier alpha value is -4.06. The van der Waals surface area contributed by atoms with E-state index >= 15 is 0 Å². The highest BCUT2D eigenvalue weighted by atomic mass is 16.5. The zero-order valence-electron chi connectivity index (χ0n) is 18.3. The van der Waals surface area contributed by atoms with E-state index in [9.17, 15) is 9.59 Å². The van der Waals surface area contributed by atoms with Gasteiger partial charge in [0, 0.05) is 23.3 Å². The number of hydrogen-bond donors (Lipinski definition) is 1. The number of amides is 1. The fourth-order valence-corrected chi connectivity index (χ4v) is 3.64. The van der Waals surface area contributed by atoms with Crippen LogP contribution in [0.25, 0.3) is 22.3 Å². The van der Waals surface area contributed by atoms with Crippen molar-refractivity contribution in [3.05, 3.63) is 87.6 Å². The molecule has 0 spiro atoms. The topological polar surface area (TPSA) is 77.8 Å². The van der Waals surface area contributed by atoms with Gasteiger partial charge >= 0.3 is 0 Å². The van der Waals surface area contributed by atoms with Crippen LogP contribution in [-0.4, -0.2) is 20.1 Å². The number of carbonyl (C=O) groups excluding carboxylic acids is 1. The van der Waals surface area contributed by atoms with Crippen LogP contribution >= 0.6 is 0 Å². The van der Waals surface area contributed by atoms with Gasteiger partial charge in [-0.05, 0) is 55.3 Å². The smallest absolute Gasteiger partial charge is 0.255 e. The van der Waals surface area contributed by atoms with Crippen LogP contribution < -0.4 is 20.2 Å². The summed E-state index contributed by atoms with van der Waals surface area (Å²) in [6.07, 6.45) is 0. The Labute approximate surface area is 185 Å². The lowest BCUT2D eigenvalue weighted by atomic mass is 10.1. The normalized spacial score (nSPS) is 10.8. The van der Waals surface area contributed by atoms with E-state index in [0.29, 0.717) is 45.0 Å². The Balaban J connectivity index is 1.63. The van der Waals surface area contributed by atoms with E-state index in [-0.39, 0.29) is 11.3 Å². The lowest BCUT2D eigenvalue weighted by Gasteiger charge is -2.12. The monoisotopic (exact) mass is 429 g/mol. The van der Waals surface area contributed by atoms with Gasteiger partial charge in [0.2, 0.25) is 0 Å². The van der Waals surface area contributed by atoms with E-state index in [4.69, 9.17) is 13.9 Å². The first-order valence-corrected chi connectivity index (χ1v) is 10.1. The van der Waals surface area contributed by atoms with Gasteiger partial charge in [-0.15, -0.1) is 0 Å². The molecular weight excluding hydrogens is 406 g/mol. The molecule has 0 saturated heterocycles. The van der Waals surface area contributed by atoms with Crippen LogP contribution in [0.3, 0.4) is 0 Å². The number of methoxy groups -OCH3 is 2. The van der Waals surface area contributed by atoms with Gasteiger partial charge in [-0.25, -0.2) is 0 Å². The second kappa shape index (κ2) is 8.59. The number of anilines is 1. The fourth-order valence-electron chi connectivity index (χ4n) is 3.64. The number of ether oxygens (including phenoxy) is 2. The van der Waals surface area contributed by atoms with Crippen molar-refractivity contribution in [3.63, 3.8) is 0 Å². The second-order valence-electron chi connectivity index (χ2n) is 7.53. The predicted octanol–water partition coefficient (Wildman–Crippen LogP) is 5.35. The molecule has 0 saturated carbocycles.